The highest BCUT2D eigenvalue weighted by Crippen LogP contribution is 2.15. The lowest BCUT2D eigenvalue weighted by atomic mass is 10.2. The fourth-order valence-corrected chi connectivity index (χ4v) is 2.04. The Bertz CT molecular complexity index is 624. The number of carboxylic acid groups (broad SMARTS) is 1. The van der Waals surface area contributed by atoms with Crippen LogP contribution in [0.15, 0.2) is 58.5 Å². The number of rotatable bonds is 5. The molecule has 2 aromatic rings. The molecular formula is C15H14N2O2S. The first-order valence-electron chi connectivity index (χ1n) is 5.96. The molecular weight excluding hydrogens is 272 g/mol. The number of aromatic carboxylic acids is 1. The maximum Gasteiger partial charge on any atom is 0.337 e. The molecule has 0 heterocycles. The summed E-state index contributed by atoms with van der Waals surface area (Å²) in [4.78, 5) is 12.2. The second kappa shape index (κ2) is 6.77. The van der Waals surface area contributed by atoms with Crippen molar-refractivity contribution in [1.82, 2.24) is 0 Å². The average Bonchev–Trinajstić information content (AvgIpc) is 2.48. The fraction of sp³-hybridized carbons (Fsp3) is 0.0667. The molecule has 0 atom stereocenters. The molecule has 0 amide bonds. The van der Waals surface area contributed by atoms with Gasteiger partial charge in [-0.25, -0.2) is 4.79 Å². The van der Waals surface area contributed by atoms with Gasteiger partial charge in [0.25, 0.3) is 0 Å². The summed E-state index contributed by atoms with van der Waals surface area (Å²) >= 11 is 1.68. The number of hydrazone groups is 1. The van der Waals surface area contributed by atoms with Gasteiger partial charge in [-0.1, -0.05) is 24.3 Å². The molecule has 0 aliphatic rings. The molecule has 0 radical (unpaired) electrons. The molecule has 5 heteroatoms. The van der Waals surface area contributed by atoms with E-state index in [-0.39, 0.29) is 5.56 Å². The predicted molar refractivity (Wildman–Crippen MR) is 82.8 cm³/mol. The first-order chi connectivity index (χ1) is 9.70. The van der Waals surface area contributed by atoms with Crippen LogP contribution in [-0.2, 0) is 0 Å². The number of para-hydroxylation sites is 1. The lowest BCUT2D eigenvalue weighted by Crippen LogP contribution is -2.02. The molecule has 0 aliphatic heterocycles. The van der Waals surface area contributed by atoms with Gasteiger partial charge in [-0.3, -0.25) is 5.43 Å². The zero-order valence-electron chi connectivity index (χ0n) is 10.9. The molecule has 2 N–H and O–H groups in total. The Labute approximate surface area is 121 Å². The monoisotopic (exact) mass is 286 g/mol. The number of carbonyl (C=O) groups is 1. The number of nitrogens with zero attached hydrogens (tertiary/aromatic N) is 1. The molecule has 0 spiro atoms. The van der Waals surface area contributed by atoms with Crippen LogP contribution in [0.2, 0.25) is 0 Å². The van der Waals surface area contributed by atoms with Crippen molar-refractivity contribution in [3.63, 3.8) is 0 Å². The van der Waals surface area contributed by atoms with Crippen LogP contribution >= 0.6 is 11.8 Å². The van der Waals surface area contributed by atoms with Crippen molar-refractivity contribution in [2.75, 3.05) is 11.7 Å². The predicted octanol–water partition coefficient (Wildman–Crippen LogP) is 3.55. The number of nitrogens with one attached hydrogen (secondary N) is 1. The van der Waals surface area contributed by atoms with Crippen molar-refractivity contribution in [2.45, 2.75) is 4.90 Å². The molecule has 0 aliphatic carbocycles. The quantitative estimate of drug-likeness (QED) is 0.501. The molecule has 2 rings (SSSR count). The third-order valence-electron chi connectivity index (χ3n) is 2.67. The maximum atomic E-state index is 11.0. The Morgan fingerprint density at radius 2 is 1.90 bits per heavy atom. The third kappa shape index (κ3) is 3.61. The lowest BCUT2D eigenvalue weighted by molar-refractivity contribution is 0.0698. The summed E-state index contributed by atoms with van der Waals surface area (Å²) in [7, 11) is 0. The first-order valence-corrected chi connectivity index (χ1v) is 7.18. The topological polar surface area (TPSA) is 61.7 Å². The molecule has 102 valence electrons. The van der Waals surface area contributed by atoms with Crippen LogP contribution in [0.1, 0.15) is 15.9 Å². The van der Waals surface area contributed by atoms with Crippen LogP contribution in [0.25, 0.3) is 0 Å². The second-order valence-corrected chi connectivity index (χ2v) is 4.87. The molecule has 0 unspecified atom stereocenters. The third-order valence-corrected chi connectivity index (χ3v) is 3.42. The van der Waals surface area contributed by atoms with Crippen LogP contribution in [-0.4, -0.2) is 23.5 Å². The zero-order chi connectivity index (χ0) is 14.4. The summed E-state index contributed by atoms with van der Waals surface area (Å²) in [5.41, 5.74) is 4.37. The van der Waals surface area contributed by atoms with Gasteiger partial charge < -0.3 is 5.11 Å². The van der Waals surface area contributed by atoms with Crippen molar-refractivity contribution in [2.24, 2.45) is 5.10 Å². The van der Waals surface area contributed by atoms with Crippen molar-refractivity contribution in [3.05, 3.63) is 59.7 Å². The van der Waals surface area contributed by atoms with Crippen LogP contribution < -0.4 is 5.43 Å². The zero-order valence-corrected chi connectivity index (χ0v) is 11.7. The second-order valence-electron chi connectivity index (χ2n) is 3.99. The van der Waals surface area contributed by atoms with Gasteiger partial charge in [-0.05, 0) is 36.1 Å². The van der Waals surface area contributed by atoms with E-state index in [0.29, 0.717) is 5.69 Å². The smallest absolute Gasteiger partial charge is 0.337 e. The first kappa shape index (κ1) is 14.1. The molecule has 0 saturated carbocycles. The van der Waals surface area contributed by atoms with Gasteiger partial charge >= 0.3 is 5.97 Å². The number of thioether (sulfide) groups is 1. The Morgan fingerprint density at radius 3 is 2.55 bits per heavy atom. The minimum absolute atomic E-state index is 0.197. The highest BCUT2D eigenvalue weighted by molar-refractivity contribution is 7.98. The SMILES string of the molecule is CSc1ccc(/C=N\Nc2ccccc2C(=O)O)cc1. The number of benzene rings is 2. The fourth-order valence-electron chi connectivity index (χ4n) is 1.63. The van der Waals surface area contributed by atoms with Crippen LogP contribution in [0, 0.1) is 0 Å². The van der Waals surface area contributed by atoms with Crippen molar-refractivity contribution in [3.8, 4) is 0 Å². The highest BCUT2D eigenvalue weighted by Gasteiger charge is 2.07. The minimum atomic E-state index is -0.979. The van der Waals surface area contributed by atoms with E-state index in [1.54, 1.807) is 36.2 Å². The molecule has 0 aromatic heterocycles. The summed E-state index contributed by atoms with van der Waals surface area (Å²) in [6, 6.07) is 14.6. The molecule has 0 fully saturated rings. The lowest BCUT2D eigenvalue weighted by Gasteiger charge is -2.04. The number of hydrogen-bond donors (Lipinski definition) is 2. The van der Waals surface area contributed by atoms with E-state index >= 15 is 0 Å². The standard InChI is InChI=1S/C15H14N2O2S/c1-20-12-8-6-11(7-9-12)10-16-17-14-5-3-2-4-13(14)15(18)19/h2-10,17H,1H3,(H,18,19)/b16-10-. The Kier molecular flexibility index (Phi) is 4.79. The highest BCUT2D eigenvalue weighted by atomic mass is 32.2. The molecule has 4 nitrogen and oxygen atoms in total. The van der Waals surface area contributed by atoms with E-state index < -0.39 is 5.97 Å². The summed E-state index contributed by atoms with van der Waals surface area (Å²) in [5, 5.41) is 13.1. The number of hydrogen-bond acceptors (Lipinski definition) is 4. The van der Waals surface area contributed by atoms with Gasteiger partial charge in [0.2, 0.25) is 0 Å². The summed E-state index contributed by atoms with van der Waals surface area (Å²) in [6.45, 7) is 0. The number of carboxylic acids is 1. The molecule has 0 saturated heterocycles. The van der Waals surface area contributed by atoms with Gasteiger partial charge in [0.05, 0.1) is 17.5 Å². The maximum absolute atomic E-state index is 11.0. The largest absolute Gasteiger partial charge is 0.478 e. The van der Waals surface area contributed by atoms with E-state index in [1.165, 1.54) is 11.0 Å². The summed E-state index contributed by atoms with van der Waals surface area (Å²) in [6.07, 6.45) is 3.68. The van der Waals surface area contributed by atoms with Gasteiger partial charge in [-0.15, -0.1) is 11.8 Å². The van der Waals surface area contributed by atoms with Crippen LogP contribution in [0.5, 0.6) is 0 Å². The van der Waals surface area contributed by atoms with E-state index in [0.717, 1.165) is 5.56 Å². The van der Waals surface area contributed by atoms with Gasteiger partial charge in [0.1, 0.15) is 0 Å². The Hall–Kier alpha value is -2.27. The molecule has 0 bridgehead atoms. The minimum Gasteiger partial charge on any atom is -0.478 e. The summed E-state index contributed by atoms with van der Waals surface area (Å²) < 4.78 is 0. The van der Waals surface area contributed by atoms with Crippen molar-refractivity contribution in [1.29, 1.82) is 0 Å². The normalized spacial score (nSPS) is 10.7. The van der Waals surface area contributed by atoms with Crippen molar-refractivity contribution >= 4 is 29.6 Å². The Balaban J connectivity index is 2.08. The van der Waals surface area contributed by atoms with Gasteiger partial charge in [0, 0.05) is 4.90 Å². The van der Waals surface area contributed by atoms with E-state index in [9.17, 15) is 4.79 Å². The van der Waals surface area contributed by atoms with Crippen molar-refractivity contribution < 1.29 is 9.90 Å². The number of anilines is 1. The average molecular weight is 286 g/mol. The van der Waals surface area contributed by atoms with E-state index in [2.05, 4.69) is 10.5 Å². The Morgan fingerprint density at radius 1 is 1.20 bits per heavy atom. The molecule has 20 heavy (non-hydrogen) atoms. The van der Waals surface area contributed by atoms with E-state index in [4.69, 9.17) is 5.11 Å². The molecule has 2 aromatic carbocycles. The van der Waals surface area contributed by atoms with Crippen LogP contribution in [0.3, 0.4) is 0 Å². The van der Waals surface area contributed by atoms with Gasteiger partial charge in [0.15, 0.2) is 0 Å². The summed E-state index contributed by atoms with van der Waals surface area (Å²) in [5.74, 6) is -0.979. The van der Waals surface area contributed by atoms with E-state index in [1.807, 2.05) is 30.5 Å². The van der Waals surface area contributed by atoms with Crippen LogP contribution in [0.4, 0.5) is 5.69 Å². The van der Waals surface area contributed by atoms with Gasteiger partial charge in [-0.2, -0.15) is 5.10 Å².